The second-order valence-corrected chi connectivity index (χ2v) is 3.61. The molecule has 0 saturated heterocycles. The van der Waals surface area contributed by atoms with Gasteiger partial charge >= 0.3 is 6.01 Å². The normalized spacial score (nSPS) is 12.6. The summed E-state index contributed by atoms with van der Waals surface area (Å²) < 4.78 is 5.06. The molecule has 1 atom stereocenters. The minimum absolute atomic E-state index is 0.0603. The third-order valence-corrected chi connectivity index (χ3v) is 2.36. The average molecular weight is 218 g/mol. The molecule has 0 saturated carbocycles. The Bertz CT molecular complexity index is 440. The molecule has 1 unspecified atom stereocenters. The lowest BCUT2D eigenvalue weighted by Crippen LogP contribution is -2.11. The molecule has 0 amide bonds. The number of nitrogens with zero attached hydrogens (tertiary/aromatic N) is 2. The number of hydrogen-bond acceptors (Lipinski definition) is 5. The van der Waals surface area contributed by atoms with Gasteiger partial charge in [0.25, 0.3) is 0 Å². The Morgan fingerprint density at radius 3 is 2.56 bits per heavy atom. The number of nitrogen functional groups attached to an aromatic ring is 1. The number of anilines is 1. The molecule has 0 spiro atoms. The monoisotopic (exact) mass is 218 g/mol. The molecule has 5 heteroatoms. The second kappa shape index (κ2) is 4.76. The van der Waals surface area contributed by atoms with Gasteiger partial charge in [0.05, 0.1) is 6.04 Å². The van der Waals surface area contributed by atoms with E-state index in [1.165, 1.54) is 5.56 Å². The van der Waals surface area contributed by atoms with Crippen molar-refractivity contribution >= 4 is 6.01 Å². The van der Waals surface area contributed by atoms with Crippen molar-refractivity contribution in [3.05, 3.63) is 41.8 Å². The van der Waals surface area contributed by atoms with Gasteiger partial charge in [-0.2, -0.15) is 0 Å². The van der Waals surface area contributed by atoms with Crippen LogP contribution in [-0.4, -0.2) is 10.2 Å². The summed E-state index contributed by atoms with van der Waals surface area (Å²) in [5, 5.41) is 7.34. The molecule has 2 aromatic rings. The zero-order valence-electron chi connectivity index (χ0n) is 8.84. The van der Waals surface area contributed by atoms with Gasteiger partial charge in [-0.05, 0) is 18.4 Å². The van der Waals surface area contributed by atoms with Gasteiger partial charge in [0.1, 0.15) is 0 Å². The van der Waals surface area contributed by atoms with Crippen LogP contribution >= 0.6 is 0 Å². The molecule has 0 aliphatic heterocycles. The number of nitrogens with two attached hydrogens (primary N) is 2. The largest absolute Gasteiger partial charge is 0.407 e. The Kier molecular flexibility index (Phi) is 3.16. The van der Waals surface area contributed by atoms with E-state index in [1.807, 2.05) is 18.2 Å². The van der Waals surface area contributed by atoms with Crippen LogP contribution in [0.15, 0.2) is 34.7 Å². The van der Waals surface area contributed by atoms with E-state index in [0.29, 0.717) is 5.89 Å². The van der Waals surface area contributed by atoms with Crippen LogP contribution in [0.1, 0.15) is 23.9 Å². The van der Waals surface area contributed by atoms with Gasteiger partial charge in [0, 0.05) is 0 Å². The number of hydrogen-bond donors (Lipinski definition) is 2. The van der Waals surface area contributed by atoms with E-state index in [4.69, 9.17) is 15.9 Å². The van der Waals surface area contributed by atoms with Gasteiger partial charge in [-0.3, -0.25) is 0 Å². The molecule has 1 heterocycles. The zero-order valence-corrected chi connectivity index (χ0v) is 8.84. The van der Waals surface area contributed by atoms with Gasteiger partial charge < -0.3 is 15.9 Å². The summed E-state index contributed by atoms with van der Waals surface area (Å²) >= 11 is 0. The quantitative estimate of drug-likeness (QED) is 0.806. The molecule has 0 aliphatic carbocycles. The van der Waals surface area contributed by atoms with Crippen LogP contribution in [0, 0.1) is 0 Å². The molecule has 0 aliphatic rings. The van der Waals surface area contributed by atoms with Crippen LogP contribution in [0.3, 0.4) is 0 Å². The van der Waals surface area contributed by atoms with Gasteiger partial charge in [0.2, 0.25) is 5.89 Å². The smallest absolute Gasteiger partial charge is 0.312 e. The molecule has 0 fully saturated rings. The average Bonchev–Trinajstić information content (AvgIpc) is 2.74. The molecule has 2 rings (SSSR count). The summed E-state index contributed by atoms with van der Waals surface area (Å²) in [6.07, 6.45) is 1.63. The summed E-state index contributed by atoms with van der Waals surface area (Å²) in [5.74, 6) is 0.397. The van der Waals surface area contributed by atoms with Crippen molar-refractivity contribution in [3.63, 3.8) is 0 Å². The number of aromatic nitrogens is 2. The lowest BCUT2D eigenvalue weighted by molar-refractivity contribution is 0.447. The third kappa shape index (κ3) is 2.58. The van der Waals surface area contributed by atoms with Crippen molar-refractivity contribution in [2.75, 3.05) is 5.73 Å². The van der Waals surface area contributed by atoms with Crippen LogP contribution in [-0.2, 0) is 6.42 Å². The van der Waals surface area contributed by atoms with Crippen molar-refractivity contribution in [1.29, 1.82) is 0 Å². The van der Waals surface area contributed by atoms with E-state index in [9.17, 15) is 0 Å². The lowest BCUT2D eigenvalue weighted by Gasteiger charge is -2.06. The predicted molar refractivity (Wildman–Crippen MR) is 60.4 cm³/mol. The molecule has 1 aromatic carbocycles. The van der Waals surface area contributed by atoms with Crippen molar-refractivity contribution in [1.82, 2.24) is 10.2 Å². The molecule has 0 radical (unpaired) electrons. The van der Waals surface area contributed by atoms with E-state index >= 15 is 0 Å². The molecule has 0 bridgehead atoms. The van der Waals surface area contributed by atoms with Crippen LogP contribution in [0.25, 0.3) is 0 Å². The SMILES string of the molecule is Nc1nnc(C(N)CCc2ccccc2)o1. The fourth-order valence-corrected chi connectivity index (χ4v) is 1.49. The van der Waals surface area contributed by atoms with Gasteiger partial charge in [-0.15, -0.1) is 5.10 Å². The molecule has 84 valence electrons. The van der Waals surface area contributed by atoms with Crippen molar-refractivity contribution in [2.45, 2.75) is 18.9 Å². The van der Waals surface area contributed by atoms with Crippen LogP contribution in [0.5, 0.6) is 0 Å². The maximum Gasteiger partial charge on any atom is 0.312 e. The Labute approximate surface area is 93.5 Å². The lowest BCUT2D eigenvalue weighted by atomic mass is 10.1. The fourth-order valence-electron chi connectivity index (χ4n) is 1.49. The van der Waals surface area contributed by atoms with Gasteiger partial charge in [-0.25, -0.2) is 0 Å². The van der Waals surface area contributed by atoms with Crippen molar-refractivity contribution in [3.8, 4) is 0 Å². The maximum atomic E-state index is 5.90. The molecule has 5 nitrogen and oxygen atoms in total. The number of rotatable bonds is 4. The molecular formula is C11H14N4O. The number of benzene rings is 1. The maximum absolute atomic E-state index is 5.90. The highest BCUT2D eigenvalue weighted by atomic mass is 16.4. The highest BCUT2D eigenvalue weighted by molar-refractivity contribution is 5.15. The topological polar surface area (TPSA) is 91.0 Å². The van der Waals surface area contributed by atoms with Crippen LogP contribution < -0.4 is 11.5 Å². The Morgan fingerprint density at radius 2 is 1.94 bits per heavy atom. The summed E-state index contributed by atoms with van der Waals surface area (Å²) in [6.45, 7) is 0. The van der Waals surface area contributed by atoms with E-state index in [-0.39, 0.29) is 12.1 Å². The van der Waals surface area contributed by atoms with Crippen molar-refractivity contribution < 1.29 is 4.42 Å². The van der Waals surface area contributed by atoms with Gasteiger partial charge in [-0.1, -0.05) is 35.4 Å². The third-order valence-electron chi connectivity index (χ3n) is 2.36. The molecule has 1 aromatic heterocycles. The van der Waals surface area contributed by atoms with E-state index in [2.05, 4.69) is 22.3 Å². The van der Waals surface area contributed by atoms with E-state index in [0.717, 1.165) is 12.8 Å². The first kappa shape index (κ1) is 10.6. The minimum Gasteiger partial charge on any atom is -0.407 e. The molecule has 16 heavy (non-hydrogen) atoms. The molecular weight excluding hydrogens is 204 g/mol. The summed E-state index contributed by atoms with van der Waals surface area (Å²) in [4.78, 5) is 0. The Hall–Kier alpha value is -1.88. The fraction of sp³-hybridized carbons (Fsp3) is 0.273. The molecule has 4 N–H and O–H groups in total. The first-order chi connectivity index (χ1) is 7.75. The minimum atomic E-state index is -0.259. The van der Waals surface area contributed by atoms with Gasteiger partial charge in [0.15, 0.2) is 0 Å². The zero-order chi connectivity index (χ0) is 11.4. The predicted octanol–water partition coefficient (Wildman–Crippen LogP) is 1.28. The van der Waals surface area contributed by atoms with Crippen molar-refractivity contribution in [2.24, 2.45) is 5.73 Å². The van der Waals surface area contributed by atoms with E-state index in [1.54, 1.807) is 0 Å². The highest BCUT2D eigenvalue weighted by Gasteiger charge is 2.12. The first-order valence-corrected chi connectivity index (χ1v) is 5.14. The van der Waals surface area contributed by atoms with Crippen LogP contribution in [0.2, 0.25) is 0 Å². The highest BCUT2D eigenvalue weighted by Crippen LogP contribution is 2.16. The number of aryl methyl sites for hydroxylation is 1. The summed E-state index contributed by atoms with van der Waals surface area (Å²) in [7, 11) is 0. The van der Waals surface area contributed by atoms with Crippen LogP contribution in [0.4, 0.5) is 6.01 Å². The van der Waals surface area contributed by atoms with E-state index < -0.39 is 0 Å². The summed E-state index contributed by atoms with van der Waals surface area (Å²) in [5.41, 5.74) is 12.5. The summed E-state index contributed by atoms with van der Waals surface area (Å²) in [6, 6.07) is 9.93. The first-order valence-electron chi connectivity index (χ1n) is 5.14. The Morgan fingerprint density at radius 1 is 1.19 bits per heavy atom. The Balaban J connectivity index is 1.91. The standard InChI is InChI=1S/C11H14N4O/c12-9(10-14-15-11(13)16-10)7-6-8-4-2-1-3-5-8/h1-5,9H,6-7,12H2,(H2,13,15). The second-order valence-electron chi connectivity index (χ2n) is 3.61.